The molecule has 2 rings (SSSR count). The van der Waals surface area contributed by atoms with Crippen LogP contribution in [0.25, 0.3) is 0 Å². The highest BCUT2D eigenvalue weighted by Crippen LogP contribution is 2.30. The Bertz CT molecular complexity index is 768. The fraction of sp³-hybridized carbons (Fsp3) is 0.350. The van der Waals surface area contributed by atoms with E-state index in [9.17, 15) is 18.0 Å². The fourth-order valence-electron chi connectivity index (χ4n) is 2.45. The molecule has 0 aromatic heterocycles. The van der Waals surface area contributed by atoms with Gasteiger partial charge in [0, 0.05) is 5.69 Å². The van der Waals surface area contributed by atoms with Crippen LogP contribution in [0.2, 0.25) is 0 Å². The zero-order valence-electron chi connectivity index (χ0n) is 15.1. The summed E-state index contributed by atoms with van der Waals surface area (Å²) in [6, 6.07) is 10.1. The van der Waals surface area contributed by atoms with E-state index in [4.69, 9.17) is 4.74 Å². The first-order valence-corrected chi connectivity index (χ1v) is 8.33. The first kappa shape index (κ1) is 19.8. The lowest BCUT2D eigenvalue weighted by molar-refractivity contribution is -0.137. The van der Waals surface area contributed by atoms with Gasteiger partial charge in [0.2, 0.25) is 0 Å². The Hall–Kier alpha value is -2.50. The molecule has 0 aliphatic heterocycles. The van der Waals surface area contributed by atoms with Crippen LogP contribution in [0.5, 0.6) is 5.75 Å². The van der Waals surface area contributed by atoms with Gasteiger partial charge in [0.05, 0.1) is 5.56 Å². The van der Waals surface area contributed by atoms with Gasteiger partial charge in [0.1, 0.15) is 5.75 Å². The number of nitrogens with one attached hydrogen (secondary N) is 1. The molecule has 3 nitrogen and oxygen atoms in total. The maximum atomic E-state index is 12.6. The van der Waals surface area contributed by atoms with Gasteiger partial charge >= 0.3 is 6.18 Å². The largest absolute Gasteiger partial charge is 0.481 e. The van der Waals surface area contributed by atoms with E-state index < -0.39 is 23.8 Å². The molecule has 26 heavy (non-hydrogen) atoms. The number of amides is 1. The molecule has 0 bridgehead atoms. The third-order valence-corrected chi connectivity index (χ3v) is 3.94. The molecular formula is C20H22F3NO2. The van der Waals surface area contributed by atoms with Gasteiger partial charge in [-0.1, -0.05) is 26.0 Å². The van der Waals surface area contributed by atoms with E-state index in [1.165, 1.54) is 12.1 Å². The zero-order chi connectivity index (χ0) is 19.5. The number of alkyl halides is 3. The molecule has 1 unspecified atom stereocenters. The van der Waals surface area contributed by atoms with Crippen LogP contribution in [-0.4, -0.2) is 12.0 Å². The van der Waals surface area contributed by atoms with Crippen LogP contribution in [0.4, 0.5) is 18.9 Å². The van der Waals surface area contributed by atoms with E-state index in [1.54, 1.807) is 6.92 Å². The normalized spacial score (nSPS) is 12.8. The van der Waals surface area contributed by atoms with Crippen molar-refractivity contribution in [3.8, 4) is 5.75 Å². The van der Waals surface area contributed by atoms with Crippen LogP contribution >= 0.6 is 0 Å². The minimum absolute atomic E-state index is 0.232. The summed E-state index contributed by atoms with van der Waals surface area (Å²) in [7, 11) is 0. The molecule has 0 aliphatic rings. The Kier molecular flexibility index (Phi) is 5.95. The van der Waals surface area contributed by atoms with Crippen molar-refractivity contribution in [3.63, 3.8) is 0 Å². The minimum Gasteiger partial charge on any atom is -0.481 e. The predicted molar refractivity (Wildman–Crippen MR) is 95.4 cm³/mol. The molecule has 1 amide bonds. The molecule has 6 heteroatoms. The van der Waals surface area contributed by atoms with Crippen molar-refractivity contribution in [2.45, 2.75) is 45.9 Å². The second-order valence-corrected chi connectivity index (χ2v) is 6.52. The lowest BCUT2D eigenvalue weighted by Gasteiger charge is -2.19. The summed E-state index contributed by atoms with van der Waals surface area (Å²) in [6.45, 7) is 7.60. The fourth-order valence-corrected chi connectivity index (χ4v) is 2.45. The number of rotatable bonds is 5. The van der Waals surface area contributed by atoms with Crippen LogP contribution in [-0.2, 0) is 11.0 Å². The van der Waals surface area contributed by atoms with Crippen LogP contribution in [0.15, 0.2) is 42.5 Å². The third kappa shape index (κ3) is 5.00. The summed E-state index contributed by atoms with van der Waals surface area (Å²) in [6.07, 6.45) is -5.20. The number of ether oxygens (including phenoxy) is 1. The van der Waals surface area contributed by atoms with Crippen molar-refractivity contribution in [2.24, 2.45) is 0 Å². The van der Waals surface area contributed by atoms with Gasteiger partial charge in [-0.2, -0.15) is 13.2 Å². The maximum Gasteiger partial charge on any atom is 0.416 e. The maximum absolute atomic E-state index is 12.6. The average molecular weight is 365 g/mol. The molecule has 1 N–H and O–H groups in total. The molecule has 1 atom stereocenters. The standard InChI is InChI=1S/C20H22F3NO2/c1-12(2)17-10-5-13(3)11-18(17)26-14(4)19(25)24-16-8-6-15(7-9-16)20(21,22)23/h5-12,14H,1-4H3,(H,24,25). The van der Waals surface area contributed by atoms with Crippen LogP contribution in [0.3, 0.4) is 0 Å². The number of hydrogen-bond acceptors (Lipinski definition) is 2. The number of hydrogen-bond donors (Lipinski definition) is 1. The summed E-state index contributed by atoms with van der Waals surface area (Å²) in [5.41, 5.74) is 1.53. The lowest BCUT2D eigenvalue weighted by Crippen LogP contribution is -2.30. The molecule has 2 aromatic rings. The van der Waals surface area contributed by atoms with E-state index >= 15 is 0 Å². The molecule has 0 saturated carbocycles. The predicted octanol–water partition coefficient (Wildman–Crippen LogP) is 5.54. The Morgan fingerprint density at radius 2 is 1.65 bits per heavy atom. The summed E-state index contributed by atoms with van der Waals surface area (Å²) >= 11 is 0. The second kappa shape index (κ2) is 7.81. The van der Waals surface area contributed by atoms with E-state index in [1.807, 2.05) is 39.0 Å². The van der Waals surface area contributed by atoms with Crippen molar-refractivity contribution in [2.75, 3.05) is 5.32 Å². The minimum atomic E-state index is -4.41. The van der Waals surface area contributed by atoms with E-state index in [2.05, 4.69) is 5.32 Å². The van der Waals surface area contributed by atoms with Gasteiger partial charge in [0.25, 0.3) is 5.91 Å². The summed E-state index contributed by atoms with van der Waals surface area (Å²) in [5, 5.41) is 2.57. The van der Waals surface area contributed by atoms with Gasteiger partial charge in [-0.3, -0.25) is 4.79 Å². The first-order chi connectivity index (χ1) is 12.1. The molecular weight excluding hydrogens is 343 g/mol. The van der Waals surface area contributed by atoms with E-state index in [0.717, 1.165) is 23.3 Å². The van der Waals surface area contributed by atoms with Crippen molar-refractivity contribution in [3.05, 3.63) is 59.2 Å². The molecule has 0 spiro atoms. The molecule has 0 aliphatic carbocycles. The van der Waals surface area contributed by atoms with Crippen LogP contribution in [0.1, 0.15) is 43.4 Å². The smallest absolute Gasteiger partial charge is 0.416 e. The Morgan fingerprint density at radius 3 is 2.19 bits per heavy atom. The quantitative estimate of drug-likeness (QED) is 0.755. The summed E-state index contributed by atoms with van der Waals surface area (Å²) < 4.78 is 43.6. The van der Waals surface area contributed by atoms with Crippen molar-refractivity contribution < 1.29 is 22.7 Å². The molecule has 2 aromatic carbocycles. The van der Waals surface area contributed by atoms with Gasteiger partial charge in [-0.25, -0.2) is 0 Å². The SMILES string of the molecule is Cc1ccc(C(C)C)c(OC(C)C(=O)Nc2ccc(C(F)(F)F)cc2)c1. The topological polar surface area (TPSA) is 38.3 Å². The monoisotopic (exact) mass is 365 g/mol. The number of anilines is 1. The van der Waals surface area contributed by atoms with Crippen LogP contribution in [0, 0.1) is 6.92 Å². The number of benzene rings is 2. The highest BCUT2D eigenvalue weighted by molar-refractivity contribution is 5.94. The summed E-state index contributed by atoms with van der Waals surface area (Å²) in [5.74, 6) is 0.437. The second-order valence-electron chi connectivity index (χ2n) is 6.52. The highest BCUT2D eigenvalue weighted by atomic mass is 19.4. The van der Waals surface area contributed by atoms with E-state index in [-0.39, 0.29) is 11.6 Å². The van der Waals surface area contributed by atoms with Crippen molar-refractivity contribution in [1.29, 1.82) is 0 Å². The first-order valence-electron chi connectivity index (χ1n) is 8.33. The van der Waals surface area contributed by atoms with Crippen molar-refractivity contribution >= 4 is 11.6 Å². The van der Waals surface area contributed by atoms with Gasteiger partial charge < -0.3 is 10.1 Å². The zero-order valence-corrected chi connectivity index (χ0v) is 15.1. The Balaban J connectivity index is 2.08. The van der Waals surface area contributed by atoms with Crippen LogP contribution < -0.4 is 10.1 Å². The number of carbonyl (C=O) groups excluding carboxylic acids is 1. The number of carbonyl (C=O) groups is 1. The number of halogens is 3. The molecule has 0 saturated heterocycles. The van der Waals surface area contributed by atoms with E-state index in [0.29, 0.717) is 5.75 Å². The summed E-state index contributed by atoms with van der Waals surface area (Å²) in [4.78, 5) is 12.3. The molecule has 0 heterocycles. The van der Waals surface area contributed by atoms with Crippen molar-refractivity contribution in [1.82, 2.24) is 0 Å². The molecule has 0 radical (unpaired) electrons. The third-order valence-electron chi connectivity index (χ3n) is 3.94. The van der Waals surface area contributed by atoms with Gasteiger partial charge in [-0.05, 0) is 61.2 Å². The molecule has 140 valence electrons. The average Bonchev–Trinajstić information content (AvgIpc) is 2.54. The highest BCUT2D eigenvalue weighted by Gasteiger charge is 2.30. The lowest BCUT2D eigenvalue weighted by atomic mass is 10.0. The van der Waals surface area contributed by atoms with Gasteiger partial charge in [0.15, 0.2) is 6.10 Å². The van der Waals surface area contributed by atoms with Gasteiger partial charge in [-0.15, -0.1) is 0 Å². The Labute approximate surface area is 151 Å². The number of aryl methyl sites for hydroxylation is 1. The Morgan fingerprint density at radius 1 is 1.04 bits per heavy atom. The molecule has 0 fully saturated rings.